The lowest BCUT2D eigenvalue weighted by Crippen LogP contribution is -2.32. The fraction of sp³-hybridized carbons (Fsp3) is 0.474. The summed E-state index contributed by atoms with van der Waals surface area (Å²) in [7, 11) is 1.66. The monoisotopic (exact) mass is 356 g/mol. The van der Waals surface area contributed by atoms with E-state index in [9.17, 15) is 4.79 Å². The van der Waals surface area contributed by atoms with E-state index < -0.39 is 0 Å². The van der Waals surface area contributed by atoms with Crippen LogP contribution >= 0.6 is 0 Å². The molecule has 2 fully saturated rings. The summed E-state index contributed by atoms with van der Waals surface area (Å²) in [6, 6.07) is 6.30. The van der Waals surface area contributed by atoms with Crippen LogP contribution in [0.5, 0.6) is 11.5 Å². The first-order chi connectivity index (χ1) is 12.7. The summed E-state index contributed by atoms with van der Waals surface area (Å²) < 4.78 is 13.6. The van der Waals surface area contributed by atoms with E-state index in [0.717, 1.165) is 43.2 Å². The van der Waals surface area contributed by atoms with Crippen molar-refractivity contribution < 1.29 is 14.3 Å². The highest BCUT2D eigenvalue weighted by molar-refractivity contribution is 5.79. The van der Waals surface area contributed by atoms with E-state index in [-0.39, 0.29) is 5.91 Å². The standard InChI is InChI=1S/C19H24N4O3/c1-25-17-4-2-3-14(19(17)26-8-7-22-6-5-20-13-22)10-23-11-15-9-18(24)21-16(15)12-23/h2-6,13,15-16H,7-12H2,1H3,(H,21,24)/t15-,16+/m0/s1. The zero-order valence-corrected chi connectivity index (χ0v) is 14.9. The first-order valence-corrected chi connectivity index (χ1v) is 8.99. The lowest BCUT2D eigenvalue weighted by Gasteiger charge is -2.20. The van der Waals surface area contributed by atoms with Crippen molar-refractivity contribution >= 4 is 5.91 Å². The second-order valence-electron chi connectivity index (χ2n) is 6.93. The molecule has 26 heavy (non-hydrogen) atoms. The topological polar surface area (TPSA) is 68.6 Å². The highest BCUT2D eigenvalue weighted by Crippen LogP contribution is 2.34. The number of benzene rings is 1. The number of amides is 1. The molecule has 0 spiro atoms. The summed E-state index contributed by atoms with van der Waals surface area (Å²) in [5, 5.41) is 3.07. The molecule has 0 radical (unpaired) electrons. The molecule has 4 rings (SSSR count). The normalized spacial score (nSPS) is 22.3. The molecule has 3 heterocycles. The van der Waals surface area contributed by atoms with Gasteiger partial charge in [-0.05, 0) is 6.07 Å². The average Bonchev–Trinajstić information content (AvgIpc) is 3.33. The molecule has 2 aliphatic heterocycles. The number of carbonyl (C=O) groups excluding carboxylic acids is 1. The van der Waals surface area contributed by atoms with E-state index in [0.29, 0.717) is 25.0 Å². The first kappa shape index (κ1) is 16.9. The van der Waals surface area contributed by atoms with Crippen molar-refractivity contribution in [3.63, 3.8) is 0 Å². The van der Waals surface area contributed by atoms with Crippen LogP contribution in [0.2, 0.25) is 0 Å². The number of ether oxygens (including phenoxy) is 2. The van der Waals surface area contributed by atoms with Crippen LogP contribution in [0.25, 0.3) is 0 Å². The van der Waals surface area contributed by atoms with Gasteiger partial charge < -0.3 is 19.4 Å². The largest absolute Gasteiger partial charge is 0.493 e. The third-order valence-corrected chi connectivity index (χ3v) is 5.14. The highest BCUT2D eigenvalue weighted by Gasteiger charge is 2.39. The SMILES string of the molecule is COc1cccc(CN2C[C@@H]3CC(=O)N[C@@H]3C2)c1OCCn1ccnc1. The number of likely N-dealkylation sites (tertiary alicyclic amines) is 1. The molecule has 0 aliphatic carbocycles. The van der Waals surface area contributed by atoms with Crippen LogP contribution < -0.4 is 14.8 Å². The van der Waals surface area contributed by atoms with Crippen molar-refractivity contribution in [3.05, 3.63) is 42.5 Å². The number of carbonyl (C=O) groups is 1. The number of nitrogens with one attached hydrogen (secondary N) is 1. The second kappa shape index (κ2) is 7.37. The maximum absolute atomic E-state index is 11.5. The van der Waals surface area contributed by atoms with Crippen LogP contribution in [-0.2, 0) is 17.9 Å². The van der Waals surface area contributed by atoms with Gasteiger partial charge in [-0.1, -0.05) is 12.1 Å². The van der Waals surface area contributed by atoms with E-state index in [4.69, 9.17) is 9.47 Å². The van der Waals surface area contributed by atoms with E-state index in [1.165, 1.54) is 0 Å². The summed E-state index contributed by atoms with van der Waals surface area (Å²) >= 11 is 0. The van der Waals surface area contributed by atoms with Crippen LogP contribution in [-0.4, -0.2) is 53.2 Å². The van der Waals surface area contributed by atoms with Crippen molar-refractivity contribution in [1.82, 2.24) is 19.8 Å². The minimum absolute atomic E-state index is 0.185. The van der Waals surface area contributed by atoms with E-state index in [1.807, 2.05) is 22.9 Å². The number of methoxy groups -OCH3 is 1. The van der Waals surface area contributed by atoms with Gasteiger partial charge in [0.25, 0.3) is 0 Å². The molecule has 2 atom stereocenters. The second-order valence-corrected chi connectivity index (χ2v) is 6.93. The van der Waals surface area contributed by atoms with Gasteiger partial charge in [0.05, 0.1) is 20.0 Å². The molecule has 1 amide bonds. The molecule has 7 heteroatoms. The fourth-order valence-electron chi connectivity index (χ4n) is 3.89. The highest BCUT2D eigenvalue weighted by atomic mass is 16.5. The summed E-state index contributed by atoms with van der Waals surface area (Å²) in [6.07, 6.45) is 6.11. The molecule has 1 N–H and O–H groups in total. The van der Waals surface area contributed by atoms with Crippen molar-refractivity contribution in [1.29, 1.82) is 0 Å². The quantitative estimate of drug-likeness (QED) is 0.810. The first-order valence-electron chi connectivity index (χ1n) is 8.99. The van der Waals surface area contributed by atoms with E-state index >= 15 is 0 Å². The lowest BCUT2D eigenvalue weighted by molar-refractivity contribution is -0.119. The zero-order valence-electron chi connectivity index (χ0n) is 14.9. The number of nitrogens with zero attached hydrogens (tertiary/aromatic N) is 3. The third kappa shape index (κ3) is 3.53. The molecule has 2 saturated heterocycles. The lowest BCUT2D eigenvalue weighted by atomic mass is 10.1. The molecule has 0 unspecified atom stereocenters. The Morgan fingerprint density at radius 3 is 3.04 bits per heavy atom. The summed E-state index contributed by atoms with van der Waals surface area (Å²) in [5.74, 6) is 2.17. The van der Waals surface area contributed by atoms with Crippen molar-refractivity contribution in [2.45, 2.75) is 25.6 Å². The molecule has 2 aromatic rings. The molecular formula is C19H24N4O3. The van der Waals surface area contributed by atoms with Crippen LogP contribution in [0.3, 0.4) is 0 Å². The van der Waals surface area contributed by atoms with Gasteiger partial charge in [0.1, 0.15) is 6.61 Å². The molecule has 2 aliphatic rings. The molecule has 138 valence electrons. The molecule has 0 bridgehead atoms. The van der Waals surface area contributed by atoms with Crippen molar-refractivity contribution in [2.75, 3.05) is 26.8 Å². The number of hydrogen-bond acceptors (Lipinski definition) is 5. The van der Waals surface area contributed by atoms with Crippen LogP contribution in [0.1, 0.15) is 12.0 Å². The Morgan fingerprint density at radius 1 is 1.35 bits per heavy atom. The van der Waals surface area contributed by atoms with Crippen molar-refractivity contribution in [3.8, 4) is 11.5 Å². The smallest absolute Gasteiger partial charge is 0.220 e. The maximum Gasteiger partial charge on any atom is 0.220 e. The van der Waals surface area contributed by atoms with Crippen LogP contribution in [0.4, 0.5) is 0 Å². The number of imidazole rings is 1. The number of para-hydroxylation sites is 1. The fourth-order valence-corrected chi connectivity index (χ4v) is 3.89. The number of rotatable bonds is 7. The summed E-state index contributed by atoms with van der Waals surface area (Å²) in [5.41, 5.74) is 1.11. The Bertz CT molecular complexity index is 746. The van der Waals surface area contributed by atoms with Gasteiger partial charge in [-0.15, -0.1) is 0 Å². The Labute approximate surface area is 152 Å². The minimum Gasteiger partial charge on any atom is -0.493 e. The number of hydrogen-bond donors (Lipinski definition) is 1. The zero-order chi connectivity index (χ0) is 17.9. The summed E-state index contributed by atoms with van der Waals surface area (Å²) in [4.78, 5) is 17.9. The Morgan fingerprint density at radius 2 is 2.27 bits per heavy atom. The van der Waals surface area contributed by atoms with Gasteiger partial charge in [0.15, 0.2) is 11.5 Å². The third-order valence-electron chi connectivity index (χ3n) is 5.14. The Kier molecular flexibility index (Phi) is 4.79. The van der Waals surface area contributed by atoms with E-state index in [1.54, 1.807) is 19.6 Å². The number of aromatic nitrogens is 2. The predicted octanol–water partition coefficient (Wildman–Crippen LogP) is 1.29. The van der Waals surface area contributed by atoms with Gasteiger partial charge >= 0.3 is 0 Å². The maximum atomic E-state index is 11.5. The molecule has 0 saturated carbocycles. The molecule has 1 aromatic heterocycles. The number of fused-ring (bicyclic) bond motifs is 1. The van der Waals surface area contributed by atoms with Gasteiger partial charge in [0.2, 0.25) is 5.91 Å². The van der Waals surface area contributed by atoms with Gasteiger partial charge in [-0.25, -0.2) is 4.98 Å². The van der Waals surface area contributed by atoms with Gasteiger partial charge in [0, 0.05) is 56.0 Å². The minimum atomic E-state index is 0.185. The van der Waals surface area contributed by atoms with Gasteiger partial charge in [-0.3, -0.25) is 9.69 Å². The molecule has 7 nitrogen and oxygen atoms in total. The Hall–Kier alpha value is -2.54. The van der Waals surface area contributed by atoms with Gasteiger partial charge in [-0.2, -0.15) is 0 Å². The van der Waals surface area contributed by atoms with Crippen LogP contribution in [0.15, 0.2) is 36.9 Å². The predicted molar refractivity (Wildman–Crippen MR) is 96.0 cm³/mol. The average molecular weight is 356 g/mol. The Balaban J connectivity index is 1.43. The molecular weight excluding hydrogens is 332 g/mol. The summed E-state index contributed by atoms with van der Waals surface area (Å²) in [6.45, 7) is 3.90. The van der Waals surface area contributed by atoms with Crippen LogP contribution in [0, 0.1) is 5.92 Å². The van der Waals surface area contributed by atoms with E-state index in [2.05, 4.69) is 21.3 Å². The van der Waals surface area contributed by atoms with Crippen molar-refractivity contribution in [2.24, 2.45) is 5.92 Å². The molecule has 1 aromatic carbocycles.